The summed E-state index contributed by atoms with van der Waals surface area (Å²) in [5, 5.41) is 3.60. The van der Waals surface area contributed by atoms with E-state index >= 15 is 0 Å². The molecule has 5 nitrogen and oxygen atoms in total. The zero-order valence-corrected chi connectivity index (χ0v) is 11.6. The van der Waals surface area contributed by atoms with Gasteiger partial charge in [-0.3, -0.25) is 4.79 Å². The number of carbonyl (C=O) groups is 2. The second kappa shape index (κ2) is 6.32. The average Bonchev–Trinajstić information content (AvgIpc) is 2.73. The van der Waals surface area contributed by atoms with Crippen LogP contribution < -0.4 is 4.74 Å². The zero-order valence-electron chi connectivity index (χ0n) is 11.6. The van der Waals surface area contributed by atoms with Crippen LogP contribution in [0.5, 0.6) is 5.75 Å². The van der Waals surface area contributed by atoms with Crippen molar-refractivity contribution in [2.75, 3.05) is 6.61 Å². The van der Waals surface area contributed by atoms with Crippen molar-refractivity contribution < 1.29 is 19.2 Å². The van der Waals surface area contributed by atoms with Gasteiger partial charge in [0.1, 0.15) is 11.5 Å². The summed E-state index contributed by atoms with van der Waals surface area (Å²) in [4.78, 5) is 27.3. The molecule has 0 heterocycles. The zero-order chi connectivity index (χ0) is 14.5. The van der Waals surface area contributed by atoms with Crippen molar-refractivity contribution in [3.63, 3.8) is 0 Å². The second-order valence-corrected chi connectivity index (χ2v) is 4.65. The molecule has 1 aromatic carbocycles. The van der Waals surface area contributed by atoms with Gasteiger partial charge in [-0.1, -0.05) is 18.5 Å². The molecule has 0 unspecified atom stereocenters. The van der Waals surface area contributed by atoms with Crippen LogP contribution in [0.15, 0.2) is 23.4 Å². The lowest BCUT2D eigenvalue weighted by Gasteiger charge is -2.06. The van der Waals surface area contributed by atoms with Crippen LogP contribution in [0.3, 0.4) is 0 Å². The Hall–Kier alpha value is -2.17. The largest absolute Gasteiger partial charge is 0.494 e. The maximum absolute atomic E-state index is 12.0. The molecule has 0 amide bonds. The summed E-state index contributed by atoms with van der Waals surface area (Å²) < 4.78 is 5.60. The Balaban J connectivity index is 2.11. The molecular weight excluding hydrogens is 258 g/mol. The molecule has 2 rings (SSSR count). The van der Waals surface area contributed by atoms with Crippen LogP contribution in [0.1, 0.15) is 42.6 Å². The van der Waals surface area contributed by atoms with Gasteiger partial charge in [0.15, 0.2) is 0 Å². The number of oxime groups is 1. The van der Waals surface area contributed by atoms with Crippen LogP contribution in [-0.2, 0) is 16.1 Å². The average molecular weight is 275 g/mol. The van der Waals surface area contributed by atoms with Gasteiger partial charge in [-0.2, -0.15) is 0 Å². The van der Waals surface area contributed by atoms with Crippen LogP contribution in [0.4, 0.5) is 0 Å². The lowest BCUT2D eigenvalue weighted by molar-refractivity contribution is -0.140. The highest BCUT2D eigenvalue weighted by molar-refractivity contribution is 6.49. The minimum atomic E-state index is -0.537. The minimum Gasteiger partial charge on any atom is -0.494 e. The molecular formula is C15H17NO4. The monoisotopic (exact) mass is 275 g/mol. The van der Waals surface area contributed by atoms with Crippen molar-refractivity contribution in [2.24, 2.45) is 5.16 Å². The molecule has 0 atom stereocenters. The van der Waals surface area contributed by atoms with E-state index in [2.05, 4.69) is 16.9 Å². The highest BCUT2D eigenvalue weighted by Gasteiger charge is 2.27. The van der Waals surface area contributed by atoms with E-state index in [1.165, 1.54) is 6.92 Å². The van der Waals surface area contributed by atoms with Gasteiger partial charge in [-0.05, 0) is 30.2 Å². The third-order valence-corrected chi connectivity index (χ3v) is 2.99. The number of Topliss-reactive ketones (excluding diaryl/α,β-unsaturated/α-hetero) is 1. The van der Waals surface area contributed by atoms with Gasteiger partial charge < -0.3 is 9.57 Å². The highest BCUT2D eigenvalue weighted by Crippen LogP contribution is 2.25. The molecule has 1 aliphatic carbocycles. The number of ketones is 1. The normalized spacial score (nSPS) is 15.3. The van der Waals surface area contributed by atoms with E-state index in [-0.39, 0.29) is 11.5 Å². The molecule has 0 N–H and O–H groups in total. The summed E-state index contributed by atoms with van der Waals surface area (Å²) in [5.74, 6) is 0.0185. The Labute approximate surface area is 117 Å². The van der Waals surface area contributed by atoms with E-state index in [9.17, 15) is 9.59 Å². The molecule has 0 saturated carbocycles. The van der Waals surface area contributed by atoms with Gasteiger partial charge in [0.05, 0.1) is 6.61 Å². The Morgan fingerprint density at radius 1 is 1.40 bits per heavy atom. The van der Waals surface area contributed by atoms with Crippen molar-refractivity contribution in [3.8, 4) is 5.75 Å². The molecule has 5 heteroatoms. The van der Waals surface area contributed by atoms with E-state index in [0.717, 1.165) is 24.2 Å². The molecule has 106 valence electrons. The summed E-state index contributed by atoms with van der Waals surface area (Å²) in [6.07, 6.45) is 2.43. The number of ether oxygens (including phenoxy) is 1. The van der Waals surface area contributed by atoms with Gasteiger partial charge >= 0.3 is 5.97 Å². The number of carbonyl (C=O) groups excluding carboxylic acids is 2. The van der Waals surface area contributed by atoms with Crippen molar-refractivity contribution >= 4 is 17.5 Å². The van der Waals surface area contributed by atoms with Crippen LogP contribution in [0.25, 0.3) is 0 Å². The lowest BCUT2D eigenvalue weighted by Crippen LogP contribution is -2.09. The van der Waals surface area contributed by atoms with E-state index in [0.29, 0.717) is 18.6 Å². The third-order valence-electron chi connectivity index (χ3n) is 2.99. The Morgan fingerprint density at radius 2 is 2.20 bits per heavy atom. The van der Waals surface area contributed by atoms with Crippen LogP contribution in [0, 0.1) is 0 Å². The number of nitrogens with zero attached hydrogens (tertiary/aromatic N) is 1. The first-order chi connectivity index (χ1) is 9.61. The molecule has 0 spiro atoms. The summed E-state index contributed by atoms with van der Waals surface area (Å²) >= 11 is 0. The number of fused-ring (bicyclic) bond motifs is 1. The molecule has 0 aliphatic heterocycles. The topological polar surface area (TPSA) is 65.0 Å². The summed E-state index contributed by atoms with van der Waals surface area (Å²) in [6.45, 7) is 4.01. The van der Waals surface area contributed by atoms with Gasteiger partial charge in [0, 0.05) is 18.9 Å². The van der Waals surface area contributed by atoms with Gasteiger partial charge in [-0.15, -0.1) is 0 Å². The summed E-state index contributed by atoms with van der Waals surface area (Å²) in [6, 6.07) is 5.36. The van der Waals surface area contributed by atoms with E-state index in [4.69, 9.17) is 4.74 Å². The number of hydrogen-bond acceptors (Lipinski definition) is 5. The SMILES string of the molecule is CCCCOc1ccc2c(c1)C/C(=N/OC(C)=O)C2=O. The fourth-order valence-corrected chi connectivity index (χ4v) is 1.97. The number of unbranched alkanes of at least 4 members (excludes halogenated alkanes) is 1. The van der Waals surface area contributed by atoms with Gasteiger partial charge in [0.2, 0.25) is 5.78 Å². The van der Waals surface area contributed by atoms with Crippen molar-refractivity contribution in [2.45, 2.75) is 33.1 Å². The lowest BCUT2D eigenvalue weighted by atomic mass is 10.1. The molecule has 0 bridgehead atoms. The number of rotatable bonds is 5. The summed E-state index contributed by atoms with van der Waals surface area (Å²) in [5.41, 5.74) is 1.70. The molecule has 1 aliphatic rings. The standard InChI is InChI=1S/C15H17NO4/c1-3-4-7-19-12-5-6-13-11(8-12)9-14(15(13)18)16-20-10(2)17/h5-6,8H,3-4,7,9H2,1-2H3/b16-14-. The Bertz CT molecular complexity index is 563. The predicted molar refractivity (Wildman–Crippen MR) is 74.1 cm³/mol. The highest BCUT2D eigenvalue weighted by atomic mass is 16.7. The molecule has 20 heavy (non-hydrogen) atoms. The number of hydrogen-bond donors (Lipinski definition) is 0. The first-order valence-corrected chi connectivity index (χ1v) is 6.66. The van der Waals surface area contributed by atoms with Gasteiger partial charge in [-0.25, -0.2) is 4.79 Å². The second-order valence-electron chi connectivity index (χ2n) is 4.65. The van der Waals surface area contributed by atoms with E-state index in [1.54, 1.807) is 12.1 Å². The smallest absolute Gasteiger partial charge is 0.331 e. The van der Waals surface area contributed by atoms with Crippen LogP contribution in [0.2, 0.25) is 0 Å². The fourth-order valence-electron chi connectivity index (χ4n) is 1.97. The first-order valence-electron chi connectivity index (χ1n) is 6.66. The fraction of sp³-hybridized carbons (Fsp3) is 0.400. The van der Waals surface area contributed by atoms with Crippen LogP contribution in [-0.4, -0.2) is 24.1 Å². The Morgan fingerprint density at radius 3 is 2.90 bits per heavy atom. The quantitative estimate of drug-likeness (QED) is 0.470. The minimum absolute atomic E-state index is 0.193. The molecule has 0 saturated heterocycles. The van der Waals surface area contributed by atoms with Crippen molar-refractivity contribution in [1.82, 2.24) is 0 Å². The third kappa shape index (κ3) is 3.23. The van der Waals surface area contributed by atoms with Crippen LogP contribution >= 0.6 is 0 Å². The molecule has 0 radical (unpaired) electrons. The Kier molecular flexibility index (Phi) is 4.50. The predicted octanol–water partition coefficient (Wildman–Crippen LogP) is 2.52. The summed E-state index contributed by atoms with van der Waals surface area (Å²) in [7, 11) is 0. The van der Waals surface area contributed by atoms with Crippen molar-refractivity contribution in [3.05, 3.63) is 29.3 Å². The van der Waals surface area contributed by atoms with Gasteiger partial charge in [0.25, 0.3) is 0 Å². The maximum atomic E-state index is 12.0. The van der Waals surface area contributed by atoms with E-state index in [1.807, 2.05) is 6.07 Å². The molecule has 1 aromatic rings. The first kappa shape index (κ1) is 14.2. The molecule has 0 aromatic heterocycles. The van der Waals surface area contributed by atoms with Crippen molar-refractivity contribution in [1.29, 1.82) is 0 Å². The van der Waals surface area contributed by atoms with E-state index < -0.39 is 5.97 Å². The maximum Gasteiger partial charge on any atom is 0.331 e. The number of benzene rings is 1. The molecule has 0 fully saturated rings.